The van der Waals surface area contributed by atoms with Gasteiger partial charge in [-0.3, -0.25) is 9.59 Å². The van der Waals surface area contributed by atoms with Crippen molar-refractivity contribution in [3.05, 3.63) is 0 Å². The number of methoxy groups -OCH3 is 1. The molecule has 0 bridgehead atoms. The van der Waals surface area contributed by atoms with Gasteiger partial charge in [0.25, 0.3) is 0 Å². The first-order chi connectivity index (χ1) is 6.07. The van der Waals surface area contributed by atoms with Gasteiger partial charge in [0.1, 0.15) is 6.04 Å². The standard InChI is InChI=1S/C8H15NO4/c1-13-7(10)5-3-2-4-6(9)8(11)12/h6H,2-5,9H2,1H3,(H,11,12). The van der Waals surface area contributed by atoms with Gasteiger partial charge >= 0.3 is 11.9 Å². The topological polar surface area (TPSA) is 89.6 Å². The van der Waals surface area contributed by atoms with Crippen LogP contribution in [-0.4, -0.2) is 30.2 Å². The molecule has 0 aliphatic heterocycles. The molecule has 0 radical (unpaired) electrons. The number of hydrogen-bond acceptors (Lipinski definition) is 4. The lowest BCUT2D eigenvalue weighted by atomic mass is 10.1. The van der Waals surface area contributed by atoms with Crippen molar-refractivity contribution in [2.24, 2.45) is 5.73 Å². The van der Waals surface area contributed by atoms with Crippen LogP contribution in [0.2, 0.25) is 0 Å². The van der Waals surface area contributed by atoms with Crippen LogP contribution in [0.15, 0.2) is 0 Å². The van der Waals surface area contributed by atoms with Gasteiger partial charge in [-0.2, -0.15) is 0 Å². The molecule has 3 N–H and O–H groups in total. The first-order valence-electron chi connectivity index (χ1n) is 4.13. The van der Waals surface area contributed by atoms with Crippen molar-refractivity contribution in [1.82, 2.24) is 0 Å². The predicted octanol–water partition coefficient (Wildman–Crippen LogP) is 0.132. The average molecular weight is 189 g/mol. The average Bonchev–Trinajstić information content (AvgIpc) is 2.11. The highest BCUT2D eigenvalue weighted by Crippen LogP contribution is 2.03. The van der Waals surface area contributed by atoms with E-state index in [-0.39, 0.29) is 5.97 Å². The third-order valence-corrected chi connectivity index (χ3v) is 1.69. The smallest absolute Gasteiger partial charge is 0.320 e. The Balaban J connectivity index is 3.35. The molecule has 0 saturated heterocycles. The Morgan fingerprint density at radius 1 is 1.46 bits per heavy atom. The zero-order chi connectivity index (χ0) is 10.3. The molecule has 1 atom stereocenters. The molecule has 0 saturated carbocycles. The number of hydrogen-bond donors (Lipinski definition) is 2. The van der Waals surface area contributed by atoms with Crippen LogP contribution in [0.25, 0.3) is 0 Å². The van der Waals surface area contributed by atoms with Crippen LogP contribution in [0, 0.1) is 0 Å². The molecule has 0 aromatic heterocycles. The molecule has 0 spiro atoms. The number of carbonyl (C=O) groups excluding carboxylic acids is 1. The molecule has 0 aliphatic rings. The van der Waals surface area contributed by atoms with E-state index >= 15 is 0 Å². The fourth-order valence-electron chi connectivity index (χ4n) is 0.859. The third-order valence-electron chi connectivity index (χ3n) is 1.69. The number of rotatable bonds is 6. The van der Waals surface area contributed by atoms with Gasteiger partial charge in [0.05, 0.1) is 7.11 Å². The Morgan fingerprint density at radius 3 is 2.54 bits per heavy atom. The Morgan fingerprint density at radius 2 is 2.08 bits per heavy atom. The van der Waals surface area contributed by atoms with E-state index in [2.05, 4.69) is 4.74 Å². The van der Waals surface area contributed by atoms with Crippen molar-refractivity contribution in [3.63, 3.8) is 0 Å². The number of unbranched alkanes of at least 4 members (excludes halogenated alkanes) is 1. The summed E-state index contributed by atoms with van der Waals surface area (Å²) in [5.41, 5.74) is 5.25. The largest absolute Gasteiger partial charge is 0.480 e. The van der Waals surface area contributed by atoms with Gasteiger partial charge in [-0.15, -0.1) is 0 Å². The minimum absolute atomic E-state index is 0.274. The summed E-state index contributed by atoms with van der Waals surface area (Å²) in [5, 5.41) is 8.42. The second-order valence-corrected chi connectivity index (χ2v) is 2.77. The number of carbonyl (C=O) groups is 2. The zero-order valence-corrected chi connectivity index (χ0v) is 7.66. The van der Waals surface area contributed by atoms with Gasteiger partial charge < -0.3 is 15.6 Å². The normalized spacial score (nSPS) is 12.2. The van der Waals surface area contributed by atoms with Gasteiger partial charge in [-0.25, -0.2) is 0 Å². The minimum Gasteiger partial charge on any atom is -0.480 e. The van der Waals surface area contributed by atoms with Crippen molar-refractivity contribution in [2.75, 3.05) is 7.11 Å². The highest BCUT2D eigenvalue weighted by Gasteiger charge is 2.10. The van der Waals surface area contributed by atoms with E-state index in [0.29, 0.717) is 25.7 Å². The van der Waals surface area contributed by atoms with Crippen LogP contribution in [0.4, 0.5) is 0 Å². The van der Waals surface area contributed by atoms with Crippen molar-refractivity contribution >= 4 is 11.9 Å². The Kier molecular flexibility index (Phi) is 5.88. The molecule has 76 valence electrons. The second-order valence-electron chi connectivity index (χ2n) is 2.77. The number of nitrogens with two attached hydrogens (primary N) is 1. The van der Waals surface area contributed by atoms with E-state index < -0.39 is 12.0 Å². The minimum atomic E-state index is -1.00. The lowest BCUT2D eigenvalue weighted by Gasteiger charge is -2.04. The molecule has 0 heterocycles. The fourth-order valence-corrected chi connectivity index (χ4v) is 0.859. The molecule has 0 rings (SSSR count). The van der Waals surface area contributed by atoms with Crippen molar-refractivity contribution in [3.8, 4) is 0 Å². The molecular weight excluding hydrogens is 174 g/mol. The summed E-state index contributed by atoms with van der Waals surface area (Å²) >= 11 is 0. The Labute approximate surface area is 76.9 Å². The van der Waals surface area contributed by atoms with Crippen LogP contribution < -0.4 is 5.73 Å². The predicted molar refractivity (Wildman–Crippen MR) is 46.1 cm³/mol. The lowest BCUT2D eigenvalue weighted by molar-refractivity contribution is -0.140. The van der Waals surface area contributed by atoms with Crippen molar-refractivity contribution < 1.29 is 19.4 Å². The van der Waals surface area contributed by atoms with Gasteiger partial charge in [0.2, 0.25) is 0 Å². The number of esters is 1. The van der Waals surface area contributed by atoms with Gasteiger partial charge in [-0.1, -0.05) is 6.42 Å². The number of aliphatic carboxylic acids is 1. The molecule has 0 aromatic rings. The first kappa shape index (κ1) is 11.9. The summed E-state index contributed by atoms with van der Waals surface area (Å²) in [6.07, 6.45) is 1.96. The highest BCUT2D eigenvalue weighted by atomic mass is 16.5. The van der Waals surface area contributed by atoms with Crippen LogP contribution >= 0.6 is 0 Å². The van der Waals surface area contributed by atoms with Crippen molar-refractivity contribution in [1.29, 1.82) is 0 Å². The van der Waals surface area contributed by atoms with Crippen LogP contribution in [-0.2, 0) is 14.3 Å². The molecule has 0 aromatic carbocycles. The molecule has 0 amide bonds. The molecule has 5 heteroatoms. The van der Waals surface area contributed by atoms with Gasteiger partial charge in [0.15, 0.2) is 0 Å². The molecule has 0 aliphatic carbocycles. The van der Waals surface area contributed by atoms with Crippen molar-refractivity contribution in [2.45, 2.75) is 31.7 Å². The number of carboxylic acids is 1. The van der Waals surface area contributed by atoms with Crippen LogP contribution in [0.5, 0.6) is 0 Å². The third kappa shape index (κ3) is 6.10. The molecule has 1 unspecified atom stereocenters. The quantitative estimate of drug-likeness (QED) is 0.458. The molecule has 0 fully saturated rings. The summed E-state index contributed by atoms with van der Waals surface area (Å²) in [4.78, 5) is 20.9. The van der Waals surface area contributed by atoms with Crippen LogP contribution in [0.1, 0.15) is 25.7 Å². The number of ether oxygens (including phenoxy) is 1. The van der Waals surface area contributed by atoms with Gasteiger partial charge in [0, 0.05) is 6.42 Å². The summed E-state index contributed by atoms with van der Waals surface area (Å²) < 4.78 is 4.42. The second kappa shape index (κ2) is 6.42. The monoisotopic (exact) mass is 189 g/mol. The maximum Gasteiger partial charge on any atom is 0.320 e. The van der Waals surface area contributed by atoms with E-state index in [4.69, 9.17) is 10.8 Å². The number of carboxylic acid groups (broad SMARTS) is 1. The van der Waals surface area contributed by atoms with E-state index in [9.17, 15) is 9.59 Å². The van der Waals surface area contributed by atoms with E-state index in [0.717, 1.165) is 0 Å². The molecule has 5 nitrogen and oxygen atoms in total. The van der Waals surface area contributed by atoms with E-state index in [1.807, 2.05) is 0 Å². The lowest BCUT2D eigenvalue weighted by Crippen LogP contribution is -2.29. The summed E-state index contributed by atoms with van der Waals surface area (Å²) in [5.74, 6) is -1.28. The Bertz CT molecular complexity index is 181. The summed E-state index contributed by atoms with van der Waals surface area (Å²) in [6, 6.07) is -0.822. The maximum absolute atomic E-state index is 10.6. The zero-order valence-electron chi connectivity index (χ0n) is 7.66. The molecule has 13 heavy (non-hydrogen) atoms. The highest BCUT2D eigenvalue weighted by molar-refractivity contribution is 5.73. The maximum atomic E-state index is 10.6. The van der Waals surface area contributed by atoms with E-state index in [1.54, 1.807) is 0 Å². The summed E-state index contributed by atoms with van der Waals surface area (Å²) in [7, 11) is 1.32. The van der Waals surface area contributed by atoms with E-state index in [1.165, 1.54) is 7.11 Å². The Hall–Kier alpha value is -1.10. The van der Waals surface area contributed by atoms with Crippen LogP contribution in [0.3, 0.4) is 0 Å². The fraction of sp³-hybridized carbons (Fsp3) is 0.750. The van der Waals surface area contributed by atoms with Gasteiger partial charge in [-0.05, 0) is 12.8 Å². The SMILES string of the molecule is COC(=O)CCCCC(N)C(=O)O. The first-order valence-corrected chi connectivity index (χ1v) is 4.13. The molecular formula is C8H15NO4. The summed E-state index contributed by atoms with van der Waals surface area (Å²) in [6.45, 7) is 0.